The second-order valence-electron chi connectivity index (χ2n) is 9.43. The SMILES string of the molecule is COc1cccc(-c2nc3cc(OC)c(OC)cc3cc2CN(C[C@@H]2CCCO2)C(=O)c2ccccc2F)c1. The van der Waals surface area contributed by atoms with Crippen LogP contribution in [0.1, 0.15) is 28.8 Å². The van der Waals surface area contributed by atoms with E-state index < -0.39 is 11.7 Å². The third-order valence-corrected chi connectivity index (χ3v) is 6.94. The van der Waals surface area contributed by atoms with Gasteiger partial charge >= 0.3 is 0 Å². The molecule has 0 unspecified atom stereocenters. The van der Waals surface area contributed by atoms with E-state index in [9.17, 15) is 9.18 Å². The first kappa shape index (κ1) is 26.4. The second-order valence-corrected chi connectivity index (χ2v) is 9.43. The molecular weight excluding hydrogens is 499 g/mol. The number of methoxy groups -OCH3 is 3. The molecule has 2 heterocycles. The number of carbonyl (C=O) groups excluding carboxylic acids is 1. The van der Waals surface area contributed by atoms with Gasteiger partial charge in [-0.05, 0) is 54.8 Å². The van der Waals surface area contributed by atoms with Crippen molar-refractivity contribution in [3.63, 3.8) is 0 Å². The number of aromatic nitrogens is 1. The number of amides is 1. The van der Waals surface area contributed by atoms with Gasteiger partial charge in [-0.1, -0.05) is 24.3 Å². The molecule has 0 radical (unpaired) electrons. The highest BCUT2D eigenvalue weighted by atomic mass is 19.1. The van der Waals surface area contributed by atoms with Crippen LogP contribution in [-0.2, 0) is 11.3 Å². The van der Waals surface area contributed by atoms with Crippen molar-refractivity contribution in [3.8, 4) is 28.5 Å². The summed E-state index contributed by atoms with van der Waals surface area (Å²) in [7, 11) is 4.78. The zero-order valence-corrected chi connectivity index (χ0v) is 22.3. The third kappa shape index (κ3) is 5.66. The fraction of sp³-hybridized carbons (Fsp3) is 0.290. The van der Waals surface area contributed by atoms with Crippen molar-refractivity contribution < 1.29 is 28.1 Å². The Labute approximate surface area is 227 Å². The Bertz CT molecular complexity index is 1490. The molecule has 0 aliphatic carbocycles. The number of carbonyl (C=O) groups is 1. The van der Waals surface area contributed by atoms with Crippen molar-refractivity contribution in [3.05, 3.63) is 83.7 Å². The van der Waals surface area contributed by atoms with E-state index in [1.54, 1.807) is 38.4 Å². The molecule has 8 heteroatoms. The van der Waals surface area contributed by atoms with Gasteiger partial charge in [0.15, 0.2) is 11.5 Å². The van der Waals surface area contributed by atoms with E-state index >= 15 is 0 Å². The standard InChI is InChI=1S/C31H31FN2O5/c1-36-23-9-6-8-20(15-23)30-22(14-21-16-28(37-2)29(38-3)17-27(21)33-30)18-34(19-24-10-7-13-39-24)31(35)25-11-4-5-12-26(25)32/h4-6,8-9,11-12,14-17,24H,7,10,13,18-19H2,1-3H3/t24-/m0/s1. The molecule has 1 aromatic heterocycles. The molecule has 1 saturated heterocycles. The maximum absolute atomic E-state index is 14.7. The predicted molar refractivity (Wildman–Crippen MR) is 147 cm³/mol. The van der Waals surface area contributed by atoms with Crippen molar-refractivity contribution in [1.82, 2.24) is 9.88 Å². The molecule has 202 valence electrons. The molecule has 5 rings (SSSR count). The van der Waals surface area contributed by atoms with E-state index in [4.69, 9.17) is 23.9 Å². The van der Waals surface area contributed by atoms with Crippen LogP contribution in [0.15, 0.2) is 66.7 Å². The van der Waals surface area contributed by atoms with Crippen molar-refractivity contribution in [2.45, 2.75) is 25.5 Å². The minimum atomic E-state index is -0.554. The maximum Gasteiger partial charge on any atom is 0.257 e. The summed E-state index contributed by atoms with van der Waals surface area (Å²) in [5.74, 6) is 0.877. The van der Waals surface area contributed by atoms with Gasteiger partial charge in [-0.25, -0.2) is 9.37 Å². The Hall–Kier alpha value is -4.17. The van der Waals surface area contributed by atoms with E-state index in [-0.39, 0.29) is 18.2 Å². The number of hydrogen-bond acceptors (Lipinski definition) is 6. The van der Waals surface area contributed by atoms with E-state index in [0.717, 1.165) is 29.4 Å². The molecule has 1 aliphatic heterocycles. The normalized spacial score (nSPS) is 14.8. The van der Waals surface area contributed by atoms with Gasteiger partial charge < -0.3 is 23.8 Å². The van der Waals surface area contributed by atoms with Crippen molar-refractivity contribution >= 4 is 16.8 Å². The average Bonchev–Trinajstić information content (AvgIpc) is 3.49. The summed E-state index contributed by atoms with van der Waals surface area (Å²) in [6, 6.07) is 19.4. The monoisotopic (exact) mass is 530 g/mol. The molecule has 0 spiro atoms. The van der Waals surface area contributed by atoms with Crippen molar-refractivity contribution in [2.75, 3.05) is 34.5 Å². The molecular formula is C31H31FN2O5. The minimum Gasteiger partial charge on any atom is -0.497 e. The molecule has 1 atom stereocenters. The summed E-state index contributed by atoms with van der Waals surface area (Å²) in [4.78, 5) is 20.4. The first-order chi connectivity index (χ1) is 19.0. The van der Waals surface area contributed by atoms with Gasteiger partial charge in [0.2, 0.25) is 0 Å². The highest BCUT2D eigenvalue weighted by molar-refractivity contribution is 5.95. The average molecular weight is 531 g/mol. The van der Waals surface area contributed by atoms with Gasteiger partial charge in [-0.2, -0.15) is 0 Å². The quantitative estimate of drug-likeness (QED) is 0.269. The van der Waals surface area contributed by atoms with E-state index in [1.807, 2.05) is 42.5 Å². The van der Waals surface area contributed by atoms with Gasteiger partial charge in [0.25, 0.3) is 5.91 Å². The fourth-order valence-corrected chi connectivity index (χ4v) is 4.95. The summed E-state index contributed by atoms with van der Waals surface area (Å²) in [6.45, 7) is 1.20. The molecule has 0 saturated carbocycles. The smallest absolute Gasteiger partial charge is 0.257 e. The summed E-state index contributed by atoms with van der Waals surface area (Å²) in [5, 5.41) is 0.824. The van der Waals surface area contributed by atoms with E-state index in [0.29, 0.717) is 41.6 Å². The lowest BCUT2D eigenvalue weighted by molar-refractivity contribution is 0.0504. The minimum absolute atomic E-state index is 0.0265. The molecule has 4 aromatic rings. The van der Waals surface area contributed by atoms with Gasteiger partial charge in [-0.3, -0.25) is 4.79 Å². The second kappa shape index (κ2) is 11.7. The number of nitrogens with zero attached hydrogens (tertiary/aromatic N) is 2. The van der Waals surface area contributed by atoms with Gasteiger partial charge in [-0.15, -0.1) is 0 Å². The van der Waals surface area contributed by atoms with Gasteiger partial charge in [0.1, 0.15) is 11.6 Å². The van der Waals surface area contributed by atoms with E-state index in [1.165, 1.54) is 12.1 Å². The van der Waals surface area contributed by atoms with E-state index in [2.05, 4.69) is 0 Å². The predicted octanol–water partition coefficient (Wildman–Crippen LogP) is 5.89. The molecule has 7 nitrogen and oxygen atoms in total. The Morgan fingerprint density at radius 1 is 1.00 bits per heavy atom. The largest absolute Gasteiger partial charge is 0.497 e. The van der Waals surface area contributed by atoms with Crippen LogP contribution in [0.25, 0.3) is 22.2 Å². The molecule has 0 N–H and O–H groups in total. The third-order valence-electron chi connectivity index (χ3n) is 6.94. The summed E-state index contributed by atoms with van der Waals surface area (Å²) in [6.07, 6.45) is 1.66. The number of benzene rings is 3. The number of rotatable bonds is 9. The van der Waals surface area contributed by atoms with Gasteiger partial charge in [0, 0.05) is 36.7 Å². The lowest BCUT2D eigenvalue weighted by Crippen LogP contribution is -2.37. The topological polar surface area (TPSA) is 70.1 Å². The first-order valence-electron chi connectivity index (χ1n) is 12.9. The highest BCUT2D eigenvalue weighted by Gasteiger charge is 2.26. The summed E-state index contributed by atoms with van der Waals surface area (Å²) < 4.78 is 37.0. The molecule has 1 fully saturated rings. The van der Waals surface area contributed by atoms with Crippen LogP contribution in [0.2, 0.25) is 0 Å². The Morgan fingerprint density at radius 3 is 2.51 bits per heavy atom. The summed E-state index contributed by atoms with van der Waals surface area (Å²) in [5.41, 5.74) is 3.05. The van der Waals surface area contributed by atoms with Gasteiger partial charge in [0.05, 0.1) is 44.2 Å². The molecule has 0 bridgehead atoms. The number of fused-ring (bicyclic) bond motifs is 1. The van der Waals surface area contributed by atoms with Crippen LogP contribution in [0.3, 0.4) is 0 Å². The van der Waals surface area contributed by atoms with Crippen LogP contribution in [0.5, 0.6) is 17.2 Å². The lowest BCUT2D eigenvalue weighted by Gasteiger charge is -2.27. The van der Waals surface area contributed by atoms with Crippen LogP contribution in [-0.4, -0.2) is 56.4 Å². The summed E-state index contributed by atoms with van der Waals surface area (Å²) >= 11 is 0. The molecule has 39 heavy (non-hydrogen) atoms. The highest BCUT2D eigenvalue weighted by Crippen LogP contribution is 2.35. The number of hydrogen-bond donors (Lipinski definition) is 0. The van der Waals surface area contributed by atoms with Crippen LogP contribution in [0.4, 0.5) is 4.39 Å². The Morgan fingerprint density at radius 2 is 1.79 bits per heavy atom. The van der Waals surface area contributed by atoms with Crippen molar-refractivity contribution in [2.24, 2.45) is 0 Å². The zero-order valence-electron chi connectivity index (χ0n) is 22.3. The zero-order chi connectivity index (χ0) is 27.4. The number of pyridine rings is 1. The van der Waals surface area contributed by atoms with Crippen molar-refractivity contribution in [1.29, 1.82) is 0 Å². The maximum atomic E-state index is 14.7. The fourth-order valence-electron chi connectivity index (χ4n) is 4.95. The number of ether oxygens (including phenoxy) is 4. The van der Waals surface area contributed by atoms with Crippen LogP contribution >= 0.6 is 0 Å². The number of halogens is 1. The lowest BCUT2D eigenvalue weighted by atomic mass is 10.0. The Balaban J connectivity index is 1.64. The molecule has 1 amide bonds. The molecule has 1 aliphatic rings. The van der Waals surface area contributed by atoms with Crippen LogP contribution < -0.4 is 14.2 Å². The van der Waals surface area contributed by atoms with Crippen LogP contribution in [0, 0.1) is 5.82 Å². The first-order valence-corrected chi connectivity index (χ1v) is 12.9. The Kier molecular flexibility index (Phi) is 7.93. The molecule has 3 aromatic carbocycles.